The van der Waals surface area contributed by atoms with Crippen LogP contribution in [0.1, 0.15) is 18.5 Å². The van der Waals surface area contributed by atoms with Gasteiger partial charge in [-0.3, -0.25) is 14.4 Å². The number of carbonyl (C=O) groups excluding carboxylic acids is 3. The van der Waals surface area contributed by atoms with Gasteiger partial charge in [0.15, 0.2) is 0 Å². The zero-order chi connectivity index (χ0) is 14.9. The molecule has 1 aromatic carbocycles. The number of hydrogen-bond donors (Lipinski definition) is 0. The molecule has 1 aromatic rings. The number of nitrogens with zero attached hydrogens (tertiary/aromatic N) is 2. The van der Waals surface area contributed by atoms with E-state index in [2.05, 4.69) is 0 Å². The summed E-state index contributed by atoms with van der Waals surface area (Å²) in [6.07, 6.45) is 0. The smallest absolute Gasteiger partial charge is 0.292 e. The Morgan fingerprint density at radius 3 is 2.45 bits per heavy atom. The molecule has 0 aliphatic carbocycles. The first kappa shape index (κ1) is 13.9. The lowest BCUT2D eigenvalue weighted by Gasteiger charge is -2.24. The molecule has 0 saturated carbocycles. The minimum absolute atomic E-state index is 0.295. The summed E-state index contributed by atoms with van der Waals surface area (Å²) in [7, 11) is 0. The Morgan fingerprint density at radius 2 is 1.95 bits per heavy atom. The molecule has 2 atom stereocenters. The van der Waals surface area contributed by atoms with Gasteiger partial charge in [-0.25, -0.2) is 4.39 Å². The molecule has 1 amide bonds. The Hall–Kier alpha value is -2.55. The predicted octanol–water partition coefficient (Wildman–Crippen LogP) is 1.01. The fourth-order valence-electron chi connectivity index (χ4n) is 2.41. The minimum Gasteiger partial charge on any atom is -0.315 e. The number of hydrogen-bond acceptors (Lipinski definition) is 4. The molecule has 1 aliphatic heterocycles. The first-order valence-corrected chi connectivity index (χ1v) is 5.95. The van der Waals surface area contributed by atoms with Crippen LogP contribution in [0.3, 0.4) is 0 Å². The lowest BCUT2D eigenvalue weighted by Crippen LogP contribution is -2.30. The number of likely N-dealkylation sites (tertiary alicyclic amines) is 1. The Balaban J connectivity index is 2.50. The van der Waals surface area contributed by atoms with Crippen LogP contribution in [0.25, 0.3) is 0 Å². The highest BCUT2D eigenvalue weighted by atomic mass is 19.1. The lowest BCUT2D eigenvalue weighted by molar-refractivity contribution is -0.141. The van der Waals surface area contributed by atoms with Crippen molar-refractivity contribution in [3.8, 4) is 6.07 Å². The van der Waals surface area contributed by atoms with E-state index in [-0.39, 0.29) is 6.54 Å². The van der Waals surface area contributed by atoms with E-state index in [1.807, 2.05) is 0 Å². The average molecular weight is 274 g/mol. The molecular weight excluding hydrogens is 263 g/mol. The van der Waals surface area contributed by atoms with Gasteiger partial charge in [0.1, 0.15) is 24.1 Å². The van der Waals surface area contributed by atoms with E-state index in [0.29, 0.717) is 5.56 Å². The minimum atomic E-state index is -1.14. The third kappa shape index (κ3) is 2.18. The highest BCUT2D eigenvalue weighted by Gasteiger charge is 2.50. The molecule has 0 aromatic heterocycles. The maximum absolute atomic E-state index is 13.0. The second-order valence-electron chi connectivity index (χ2n) is 4.54. The molecule has 1 fully saturated rings. The summed E-state index contributed by atoms with van der Waals surface area (Å²) in [5.74, 6) is -3.71. The first-order valence-electron chi connectivity index (χ1n) is 5.95. The van der Waals surface area contributed by atoms with Gasteiger partial charge in [0.2, 0.25) is 5.78 Å². The number of ketones is 2. The van der Waals surface area contributed by atoms with E-state index in [4.69, 9.17) is 5.26 Å². The maximum Gasteiger partial charge on any atom is 0.292 e. The molecule has 102 valence electrons. The molecule has 5 nitrogen and oxygen atoms in total. The second kappa shape index (κ2) is 5.21. The Bertz CT molecular complexity index is 618. The van der Waals surface area contributed by atoms with Crippen LogP contribution in [0.2, 0.25) is 0 Å². The van der Waals surface area contributed by atoms with Crippen molar-refractivity contribution in [3.05, 3.63) is 35.6 Å². The summed E-state index contributed by atoms with van der Waals surface area (Å²) in [6, 6.07) is 6.15. The summed E-state index contributed by atoms with van der Waals surface area (Å²) in [4.78, 5) is 36.4. The summed E-state index contributed by atoms with van der Waals surface area (Å²) < 4.78 is 13.0. The molecule has 2 unspecified atom stereocenters. The summed E-state index contributed by atoms with van der Waals surface area (Å²) in [5, 5.41) is 8.76. The van der Waals surface area contributed by atoms with Crippen LogP contribution in [0, 0.1) is 23.1 Å². The molecule has 1 saturated heterocycles. The second-order valence-corrected chi connectivity index (χ2v) is 4.54. The predicted molar refractivity (Wildman–Crippen MR) is 65.6 cm³/mol. The largest absolute Gasteiger partial charge is 0.315 e. The van der Waals surface area contributed by atoms with Crippen molar-refractivity contribution in [2.24, 2.45) is 5.92 Å². The first-order chi connectivity index (χ1) is 9.47. The molecule has 0 radical (unpaired) electrons. The number of rotatable bonds is 3. The topological polar surface area (TPSA) is 78.2 Å². The third-order valence-corrected chi connectivity index (χ3v) is 3.30. The fraction of sp³-hybridized carbons (Fsp3) is 0.286. The van der Waals surface area contributed by atoms with E-state index < -0.39 is 35.3 Å². The lowest BCUT2D eigenvalue weighted by atomic mass is 9.90. The van der Waals surface area contributed by atoms with Crippen LogP contribution >= 0.6 is 0 Å². The number of halogens is 1. The van der Waals surface area contributed by atoms with E-state index in [1.165, 1.54) is 31.2 Å². The van der Waals surface area contributed by atoms with Crippen molar-refractivity contribution in [1.29, 1.82) is 5.26 Å². The molecule has 2 rings (SSSR count). The number of Topliss-reactive ketones (excluding diaryl/α,β-unsaturated/α-hetero) is 2. The molecule has 6 heteroatoms. The average Bonchev–Trinajstić information content (AvgIpc) is 2.65. The van der Waals surface area contributed by atoms with Crippen molar-refractivity contribution in [2.45, 2.75) is 13.0 Å². The van der Waals surface area contributed by atoms with Crippen molar-refractivity contribution in [1.82, 2.24) is 4.90 Å². The number of nitriles is 1. The van der Waals surface area contributed by atoms with Crippen LogP contribution in [-0.4, -0.2) is 28.9 Å². The maximum atomic E-state index is 13.0. The van der Waals surface area contributed by atoms with Gasteiger partial charge >= 0.3 is 0 Å². The van der Waals surface area contributed by atoms with Crippen molar-refractivity contribution in [2.75, 3.05) is 6.54 Å². The van der Waals surface area contributed by atoms with Gasteiger partial charge < -0.3 is 4.90 Å². The Morgan fingerprint density at radius 1 is 1.35 bits per heavy atom. The molecule has 1 heterocycles. The van der Waals surface area contributed by atoms with Crippen molar-refractivity contribution >= 4 is 17.5 Å². The van der Waals surface area contributed by atoms with Gasteiger partial charge in [0.05, 0.1) is 12.1 Å². The number of amides is 1. The Labute approximate surface area is 114 Å². The van der Waals surface area contributed by atoms with E-state index in [1.54, 1.807) is 6.07 Å². The number of benzene rings is 1. The monoisotopic (exact) mass is 274 g/mol. The zero-order valence-corrected chi connectivity index (χ0v) is 10.7. The quantitative estimate of drug-likeness (QED) is 0.468. The van der Waals surface area contributed by atoms with Crippen LogP contribution in [0.4, 0.5) is 4.39 Å². The fourth-order valence-corrected chi connectivity index (χ4v) is 2.41. The van der Waals surface area contributed by atoms with Crippen LogP contribution < -0.4 is 0 Å². The van der Waals surface area contributed by atoms with Gasteiger partial charge in [-0.2, -0.15) is 5.26 Å². The molecule has 20 heavy (non-hydrogen) atoms. The van der Waals surface area contributed by atoms with Gasteiger partial charge in [-0.1, -0.05) is 12.1 Å². The highest BCUT2D eigenvalue weighted by Crippen LogP contribution is 2.36. The molecule has 0 bridgehead atoms. The van der Waals surface area contributed by atoms with Gasteiger partial charge in [0, 0.05) is 0 Å². The summed E-state index contributed by atoms with van der Waals surface area (Å²) >= 11 is 0. The van der Waals surface area contributed by atoms with Crippen molar-refractivity contribution in [3.63, 3.8) is 0 Å². The van der Waals surface area contributed by atoms with Crippen molar-refractivity contribution < 1.29 is 18.8 Å². The Kier molecular flexibility index (Phi) is 3.61. The SMILES string of the molecule is CC(=O)C1C(=O)C(=O)N(CC#N)C1c1ccc(F)cc1. The summed E-state index contributed by atoms with van der Waals surface area (Å²) in [6.45, 7) is 0.929. The highest BCUT2D eigenvalue weighted by molar-refractivity contribution is 6.42. The molecular formula is C14H11FN2O3. The van der Waals surface area contributed by atoms with Crippen LogP contribution in [0.15, 0.2) is 24.3 Å². The van der Waals surface area contributed by atoms with Gasteiger partial charge in [-0.15, -0.1) is 0 Å². The molecule has 0 spiro atoms. The van der Waals surface area contributed by atoms with Gasteiger partial charge in [0.25, 0.3) is 5.91 Å². The normalized spacial score (nSPS) is 21.9. The van der Waals surface area contributed by atoms with E-state index >= 15 is 0 Å². The molecule has 0 N–H and O–H groups in total. The van der Waals surface area contributed by atoms with Gasteiger partial charge in [-0.05, 0) is 24.6 Å². The zero-order valence-electron chi connectivity index (χ0n) is 10.7. The summed E-state index contributed by atoms with van der Waals surface area (Å²) in [5.41, 5.74) is 0.459. The van der Waals surface area contributed by atoms with Crippen LogP contribution in [-0.2, 0) is 14.4 Å². The number of carbonyl (C=O) groups is 3. The third-order valence-electron chi connectivity index (χ3n) is 3.30. The van der Waals surface area contributed by atoms with Crippen LogP contribution in [0.5, 0.6) is 0 Å². The molecule has 1 aliphatic rings. The van der Waals surface area contributed by atoms with E-state index in [0.717, 1.165) is 4.90 Å². The standard InChI is InChI=1S/C14H11FN2O3/c1-8(18)11-12(9-2-4-10(15)5-3-9)17(7-6-16)14(20)13(11)19/h2-5,11-12H,7H2,1H3. The van der Waals surface area contributed by atoms with E-state index in [9.17, 15) is 18.8 Å².